The minimum absolute atomic E-state index is 0.439. The topological polar surface area (TPSA) is 34.0 Å². The normalized spacial score (nSPS) is 21.2. The van der Waals surface area contributed by atoms with Crippen molar-refractivity contribution in [3.63, 3.8) is 0 Å². The zero-order valence-corrected chi connectivity index (χ0v) is 19.1. The van der Waals surface area contributed by atoms with E-state index in [1.165, 1.54) is 40.4 Å². The second-order valence-electron chi connectivity index (χ2n) is 9.37. The van der Waals surface area contributed by atoms with Crippen LogP contribution in [0.1, 0.15) is 60.3 Å². The number of hydrogen-bond acceptors (Lipinski definition) is 3. The SMILES string of the molecule is CN1Cc2cc(Cl)ccc2-n2c(nnc2C2CCC(c3cccc4ccccc34)CC2)C1. The summed E-state index contributed by atoms with van der Waals surface area (Å²) in [5.74, 6) is 3.20. The van der Waals surface area contributed by atoms with E-state index in [0.717, 1.165) is 42.6 Å². The van der Waals surface area contributed by atoms with E-state index in [2.05, 4.69) is 76.2 Å². The van der Waals surface area contributed by atoms with Crippen LogP contribution < -0.4 is 0 Å². The lowest BCUT2D eigenvalue weighted by Gasteiger charge is -2.29. The number of halogens is 1. The zero-order chi connectivity index (χ0) is 21.7. The van der Waals surface area contributed by atoms with Gasteiger partial charge in [0, 0.05) is 17.5 Å². The average molecular weight is 443 g/mol. The zero-order valence-electron chi connectivity index (χ0n) is 18.3. The summed E-state index contributed by atoms with van der Waals surface area (Å²) in [7, 11) is 2.13. The molecule has 4 aromatic rings. The van der Waals surface area contributed by atoms with Crippen LogP contribution in [0.2, 0.25) is 5.02 Å². The first kappa shape index (κ1) is 20.0. The number of fused-ring (bicyclic) bond motifs is 4. The molecule has 0 bridgehead atoms. The molecule has 0 amide bonds. The molecule has 0 N–H and O–H groups in total. The van der Waals surface area contributed by atoms with Gasteiger partial charge in [-0.2, -0.15) is 0 Å². The molecule has 0 spiro atoms. The fourth-order valence-corrected chi connectivity index (χ4v) is 5.91. The molecule has 32 heavy (non-hydrogen) atoms. The molecule has 1 aromatic heterocycles. The third-order valence-corrected chi connectivity index (χ3v) is 7.48. The van der Waals surface area contributed by atoms with Crippen molar-refractivity contribution < 1.29 is 0 Å². The Balaban J connectivity index is 1.31. The van der Waals surface area contributed by atoms with Gasteiger partial charge in [-0.25, -0.2) is 0 Å². The maximum absolute atomic E-state index is 6.32. The molecule has 162 valence electrons. The number of nitrogens with zero attached hydrogens (tertiary/aromatic N) is 4. The number of aromatic nitrogens is 3. The lowest BCUT2D eigenvalue weighted by Crippen LogP contribution is -2.17. The molecular formula is C27H27ClN4. The second kappa shape index (κ2) is 8.02. The van der Waals surface area contributed by atoms with Gasteiger partial charge >= 0.3 is 0 Å². The standard InChI is InChI=1S/C27H27ClN4/c1-31-16-21-15-22(28)13-14-25(21)32-26(17-31)29-30-27(32)20-11-9-19(10-12-20)24-8-4-6-18-5-2-3-7-23(18)24/h2-8,13-15,19-20H,9-12,16-17H2,1H3. The van der Waals surface area contributed by atoms with Crippen LogP contribution in [0.3, 0.4) is 0 Å². The Morgan fingerprint density at radius 3 is 2.50 bits per heavy atom. The predicted molar refractivity (Wildman–Crippen MR) is 129 cm³/mol. The summed E-state index contributed by atoms with van der Waals surface area (Å²) in [4.78, 5) is 2.28. The highest BCUT2D eigenvalue weighted by molar-refractivity contribution is 6.30. The predicted octanol–water partition coefficient (Wildman–Crippen LogP) is 6.46. The van der Waals surface area contributed by atoms with Crippen molar-refractivity contribution in [2.24, 2.45) is 0 Å². The van der Waals surface area contributed by atoms with Crippen molar-refractivity contribution in [1.82, 2.24) is 19.7 Å². The van der Waals surface area contributed by atoms with Crippen molar-refractivity contribution in [3.05, 3.63) is 88.5 Å². The van der Waals surface area contributed by atoms with E-state index in [4.69, 9.17) is 16.7 Å². The molecule has 6 rings (SSSR count). The van der Waals surface area contributed by atoms with E-state index in [9.17, 15) is 0 Å². The Bertz CT molecular complexity index is 1280. The van der Waals surface area contributed by atoms with Gasteiger partial charge in [0.25, 0.3) is 0 Å². The van der Waals surface area contributed by atoms with Crippen LogP contribution in [0.4, 0.5) is 0 Å². The minimum Gasteiger partial charge on any atom is -0.295 e. The van der Waals surface area contributed by atoms with E-state index < -0.39 is 0 Å². The fourth-order valence-electron chi connectivity index (χ4n) is 5.72. The maximum atomic E-state index is 6.32. The van der Waals surface area contributed by atoms with Gasteiger partial charge in [-0.15, -0.1) is 10.2 Å². The van der Waals surface area contributed by atoms with E-state index >= 15 is 0 Å². The van der Waals surface area contributed by atoms with Crippen molar-refractivity contribution in [3.8, 4) is 5.69 Å². The molecule has 2 aliphatic rings. The third-order valence-electron chi connectivity index (χ3n) is 7.24. The van der Waals surface area contributed by atoms with Gasteiger partial charge < -0.3 is 0 Å². The van der Waals surface area contributed by atoms with E-state index in [1.54, 1.807) is 0 Å². The van der Waals surface area contributed by atoms with Crippen LogP contribution in [0.25, 0.3) is 16.5 Å². The van der Waals surface area contributed by atoms with Crippen molar-refractivity contribution in [2.75, 3.05) is 7.05 Å². The van der Waals surface area contributed by atoms with Gasteiger partial charge in [0.15, 0.2) is 5.82 Å². The first-order valence-electron chi connectivity index (χ1n) is 11.6. The van der Waals surface area contributed by atoms with Gasteiger partial charge in [0.2, 0.25) is 0 Å². The molecular weight excluding hydrogens is 416 g/mol. The van der Waals surface area contributed by atoms with Crippen molar-refractivity contribution in [2.45, 2.75) is 50.6 Å². The monoisotopic (exact) mass is 442 g/mol. The van der Waals surface area contributed by atoms with Gasteiger partial charge in [0.05, 0.1) is 12.2 Å². The number of benzene rings is 3. The highest BCUT2D eigenvalue weighted by atomic mass is 35.5. The molecule has 0 unspecified atom stereocenters. The minimum atomic E-state index is 0.439. The Morgan fingerprint density at radius 1 is 0.844 bits per heavy atom. The number of hydrogen-bond donors (Lipinski definition) is 0. The molecule has 0 saturated heterocycles. The molecule has 5 heteroatoms. The summed E-state index contributed by atoms with van der Waals surface area (Å²) < 4.78 is 2.32. The second-order valence-corrected chi connectivity index (χ2v) is 9.81. The van der Waals surface area contributed by atoms with Crippen LogP contribution >= 0.6 is 11.6 Å². The Hall–Kier alpha value is -2.69. The summed E-state index contributed by atoms with van der Waals surface area (Å²) in [5.41, 5.74) is 3.93. The molecule has 0 radical (unpaired) electrons. The summed E-state index contributed by atoms with van der Waals surface area (Å²) in [6.45, 7) is 1.66. The quantitative estimate of drug-likeness (QED) is 0.357. The highest BCUT2D eigenvalue weighted by Crippen LogP contribution is 2.43. The molecule has 1 fully saturated rings. The fraction of sp³-hybridized carbons (Fsp3) is 0.333. The first-order chi connectivity index (χ1) is 15.7. The molecule has 4 nitrogen and oxygen atoms in total. The summed E-state index contributed by atoms with van der Waals surface area (Å²) in [6, 6.07) is 21.7. The molecule has 1 saturated carbocycles. The highest BCUT2D eigenvalue weighted by Gasteiger charge is 2.30. The molecule has 1 aliphatic carbocycles. The van der Waals surface area contributed by atoms with Crippen LogP contribution in [0.15, 0.2) is 60.7 Å². The van der Waals surface area contributed by atoms with Crippen LogP contribution in [0, 0.1) is 0 Å². The third kappa shape index (κ3) is 3.42. The smallest absolute Gasteiger partial charge is 0.151 e. The van der Waals surface area contributed by atoms with Gasteiger partial charge in [0.1, 0.15) is 5.82 Å². The lowest BCUT2D eigenvalue weighted by molar-refractivity contribution is 0.315. The largest absolute Gasteiger partial charge is 0.295 e. The van der Waals surface area contributed by atoms with Gasteiger partial charge in [-0.05, 0) is 78.7 Å². The summed E-state index contributed by atoms with van der Waals surface area (Å²) >= 11 is 6.32. The Kier molecular flexibility index (Phi) is 5.00. The first-order valence-corrected chi connectivity index (χ1v) is 11.9. The van der Waals surface area contributed by atoms with E-state index in [-0.39, 0.29) is 0 Å². The van der Waals surface area contributed by atoms with E-state index in [0.29, 0.717) is 11.8 Å². The van der Waals surface area contributed by atoms with Crippen LogP contribution in [0.5, 0.6) is 0 Å². The van der Waals surface area contributed by atoms with Gasteiger partial charge in [-0.1, -0.05) is 54.1 Å². The maximum Gasteiger partial charge on any atom is 0.151 e. The Labute approximate surface area is 193 Å². The van der Waals surface area contributed by atoms with Crippen LogP contribution in [-0.4, -0.2) is 26.7 Å². The molecule has 2 heterocycles. The molecule has 3 aromatic carbocycles. The molecule has 0 atom stereocenters. The van der Waals surface area contributed by atoms with E-state index in [1.807, 2.05) is 6.07 Å². The molecule has 1 aliphatic heterocycles. The van der Waals surface area contributed by atoms with Crippen LogP contribution in [-0.2, 0) is 13.1 Å². The average Bonchev–Trinajstić information content (AvgIpc) is 3.16. The van der Waals surface area contributed by atoms with Crippen molar-refractivity contribution >= 4 is 22.4 Å². The summed E-state index contributed by atoms with van der Waals surface area (Å²) in [6.07, 6.45) is 4.66. The van der Waals surface area contributed by atoms with Gasteiger partial charge in [-0.3, -0.25) is 9.47 Å². The number of rotatable bonds is 2. The summed E-state index contributed by atoms with van der Waals surface area (Å²) in [5, 5.41) is 12.9. The Morgan fingerprint density at radius 2 is 1.62 bits per heavy atom. The van der Waals surface area contributed by atoms with Crippen molar-refractivity contribution in [1.29, 1.82) is 0 Å². The lowest BCUT2D eigenvalue weighted by atomic mass is 9.77.